The van der Waals surface area contributed by atoms with E-state index in [-0.39, 0.29) is 0 Å². The SMILES string of the molecule is CCOc1cc(OCC)c2ccccc2n1. The molecule has 2 aromatic rings. The molecular formula is C13H15NO2. The number of rotatable bonds is 4. The first-order valence-corrected chi connectivity index (χ1v) is 5.50. The Bertz CT molecular complexity index is 482. The van der Waals surface area contributed by atoms with Gasteiger partial charge in [0.15, 0.2) is 0 Å². The van der Waals surface area contributed by atoms with Crippen molar-refractivity contribution in [2.24, 2.45) is 0 Å². The fourth-order valence-corrected chi connectivity index (χ4v) is 1.62. The summed E-state index contributed by atoms with van der Waals surface area (Å²) in [7, 11) is 0. The maximum Gasteiger partial charge on any atom is 0.217 e. The van der Waals surface area contributed by atoms with Gasteiger partial charge in [0.2, 0.25) is 5.88 Å². The van der Waals surface area contributed by atoms with Gasteiger partial charge >= 0.3 is 0 Å². The zero-order valence-corrected chi connectivity index (χ0v) is 9.56. The molecule has 0 amide bonds. The lowest BCUT2D eigenvalue weighted by molar-refractivity contribution is 0.317. The lowest BCUT2D eigenvalue weighted by atomic mass is 10.2. The molecule has 0 saturated heterocycles. The van der Waals surface area contributed by atoms with Crippen molar-refractivity contribution in [1.82, 2.24) is 4.98 Å². The summed E-state index contributed by atoms with van der Waals surface area (Å²) in [5.74, 6) is 1.45. The Hall–Kier alpha value is -1.77. The summed E-state index contributed by atoms with van der Waals surface area (Å²) in [6.45, 7) is 5.16. The minimum Gasteiger partial charge on any atom is -0.493 e. The molecule has 0 radical (unpaired) electrons. The quantitative estimate of drug-likeness (QED) is 0.788. The lowest BCUT2D eigenvalue weighted by Crippen LogP contribution is -1.98. The van der Waals surface area contributed by atoms with Gasteiger partial charge < -0.3 is 9.47 Å². The van der Waals surface area contributed by atoms with Gasteiger partial charge in [-0.3, -0.25) is 0 Å². The third-order valence-electron chi connectivity index (χ3n) is 2.25. The molecule has 2 rings (SSSR count). The fraction of sp³-hybridized carbons (Fsp3) is 0.308. The van der Waals surface area contributed by atoms with Crippen LogP contribution in [-0.4, -0.2) is 18.2 Å². The average Bonchev–Trinajstić information content (AvgIpc) is 2.30. The van der Waals surface area contributed by atoms with E-state index in [1.54, 1.807) is 0 Å². The zero-order valence-electron chi connectivity index (χ0n) is 9.56. The van der Waals surface area contributed by atoms with Crippen LogP contribution in [0, 0.1) is 0 Å². The molecular weight excluding hydrogens is 202 g/mol. The summed E-state index contributed by atoms with van der Waals surface area (Å²) < 4.78 is 11.0. The van der Waals surface area contributed by atoms with E-state index in [2.05, 4.69) is 4.98 Å². The molecule has 16 heavy (non-hydrogen) atoms. The summed E-state index contributed by atoms with van der Waals surface area (Å²) in [5.41, 5.74) is 0.900. The molecule has 1 aromatic carbocycles. The first-order chi connectivity index (χ1) is 7.85. The van der Waals surface area contributed by atoms with Crippen LogP contribution in [0.4, 0.5) is 0 Å². The monoisotopic (exact) mass is 217 g/mol. The molecule has 0 spiro atoms. The van der Waals surface area contributed by atoms with Crippen LogP contribution in [0.25, 0.3) is 10.9 Å². The van der Waals surface area contributed by atoms with Crippen molar-refractivity contribution < 1.29 is 9.47 Å². The number of fused-ring (bicyclic) bond motifs is 1. The van der Waals surface area contributed by atoms with E-state index >= 15 is 0 Å². The maximum atomic E-state index is 5.59. The van der Waals surface area contributed by atoms with Crippen molar-refractivity contribution in [3.63, 3.8) is 0 Å². The van der Waals surface area contributed by atoms with E-state index in [0.29, 0.717) is 19.1 Å². The largest absolute Gasteiger partial charge is 0.493 e. The second-order valence-electron chi connectivity index (χ2n) is 3.34. The van der Waals surface area contributed by atoms with Crippen LogP contribution >= 0.6 is 0 Å². The van der Waals surface area contributed by atoms with Gasteiger partial charge in [0.25, 0.3) is 0 Å². The highest BCUT2D eigenvalue weighted by molar-refractivity contribution is 5.85. The van der Waals surface area contributed by atoms with Gasteiger partial charge in [-0.1, -0.05) is 12.1 Å². The maximum absolute atomic E-state index is 5.59. The molecule has 0 saturated carbocycles. The first-order valence-electron chi connectivity index (χ1n) is 5.50. The molecule has 1 aromatic heterocycles. The van der Waals surface area contributed by atoms with Gasteiger partial charge in [-0.15, -0.1) is 0 Å². The van der Waals surface area contributed by atoms with Crippen molar-refractivity contribution in [3.8, 4) is 11.6 Å². The predicted molar refractivity (Wildman–Crippen MR) is 64.1 cm³/mol. The molecule has 3 heteroatoms. The topological polar surface area (TPSA) is 31.4 Å². The van der Waals surface area contributed by atoms with Gasteiger partial charge in [0, 0.05) is 11.5 Å². The van der Waals surface area contributed by atoms with E-state index in [9.17, 15) is 0 Å². The first kappa shape index (κ1) is 10.7. The number of ether oxygens (including phenoxy) is 2. The van der Waals surface area contributed by atoms with Gasteiger partial charge in [-0.25, -0.2) is 4.98 Å². The third-order valence-corrected chi connectivity index (χ3v) is 2.25. The number of pyridine rings is 1. The van der Waals surface area contributed by atoms with Gasteiger partial charge in [-0.05, 0) is 26.0 Å². The highest BCUT2D eigenvalue weighted by atomic mass is 16.5. The highest BCUT2D eigenvalue weighted by Crippen LogP contribution is 2.28. The Morgan fingerprint density at radius 3 is 2.56 bits per heavy atom. The Morgan fingerprint density at radius 2 is 1.81 bits per heavy atom. The Balaban J connectivity index is 2.54. The zero-order chi connectivity index (χ0) is 11.4. The molecule has 0 unspecified atom stereocenters. The summed E-state index contributed by atoms with van der Waals surface area (Å²) in [5, 5.41) is 1.02. The van der Waals surface area contributed by atoms with Crippen molar-refractivity contribution in [1.29, 1.82) is 0 Å². The van der Waals surface area contributed by atoms with Crippen LogP contribution in [0.1, 0.15) is 13.8 Å². The summed E-state index contributed by atoms with van der Waals surface area (Å²) in [4.78, 5) is 4.41. The number of benzene rings is 1. The molecule has 1 heterocycles. The normalized spacial score (nSPS) is 10.4. The van der Waals surface area contributed by atoms with Crippen molar-refractivity contribution in [2.75, 3.05) is 13.2 Å². The second-order valence-corrected chi connectivity index (χ2v) is 3.34. The standard InChI is InChI=1S/C13H15NO2/c1-3-15-12-9-13(16-4-2)14-11-8-6-5-7-10(11)12/h5-9H,3-4H2,1-2H3. The predicted octanol–water partition coefficient (Wildman–Crippen LogP) is 3.03. The van der Waals surface area contributed by atoms with E-state index in [1.807, 2.05) is 44.2 Å². The smallest absolute Gasteiger partial charge is 0.217 e. The van der Waals surface area contributed by atoms with Gasteiger partial charge in [0.1, 0.15) is 5.75 Å². The molecule has 0 aliphatic heterocycles. The molecule has 0 aliphatic carbocycles. The van der Waals surface area contributed by atoms with Crippen LogP contribution in [0.3, 0.4) is 0 Å². The van der Waals surface area contributed by atoms with Gasteiger partial charge in [0.05, 0.1) is 18.7 Å². The van der Waals surface area contributed by atoms with Crippen molar-refractivity contribution >= 4 is 10.9 Å². The van der Waals surface area contributed by atoms with E-state index in [0.717, 1.165) is 16.7 Å². The summed E-state index contributed by atoms with van der Waals surface area (Å²) in [6, 6.07) is 9.74. The summed E-state index contributed by atoms with van der Waals surface area (Å²) in [6.07, 6.45) is 0. The second kappa shape index (κ2) is 4.84. The molecule has 0 bridgehead atoms. The van der Waals surface area contributed by atoms with Crippen LogP contribution in [0.15, 0.2) is 30.3 Å². The number of hydrogen-bond acceptors (Lipinski definition) is 3. The van der Waals surface area contributed by atoms with Crippen LogP contribution in [-0.2, 0) is 0 Å². The van der Waals surface area contributed by atoms with E-state index < -0.39 is 0 Å². The molecule has 84 valence electrons. The Labute approximate surface area is 95.0 Å². The average molecular weight is 217 g/mol. The third kappa shape index (κ3) is 2.08. The molecule has 0 fully saturated rings. The molecule has 0 aliphatic rings. The van der Waals surface area contributed by atoms with Crippen LogP contribution in [0.5, 0.6) is 11.6 Å². The summed E-state index contributed by atoms with van der Waals surface area (Å²) >= 11 is 0. The minimum absolute atomic E-state index is 0.608. The van der Waals surface area contributed by atoms with E-state index in [4.69, 9.17) is 9.47 Å². The van der Waals surface area contributed by atoms with Crippen molar-refractivity contribution in [3.05, 3.63) is 30.3 Å². The molecule has 0 atom stereocenters. The highest BCUT2D eigenvalue weighted by Gasteiger charge is 2.06. The Morgan fingerprint density at radius 1 is 1.06 bits per heavy atom. The number of aromatic nitrogens is 1. The van der Waals surface area contributed by atoms with Crippen LogP contribution in [0.2, 0.25) is 0 Å². The number of nitrogens with zero attached hydrogens (tertiary/aromatic N) is 1. The number of hydrogen-bond donors (Lipinski definition) is 0. The molecule has 0 N–H and O–H groups in total. The fourth-order valence-electron chi connectivity index (χ4n) is 1.62. The number of para-hydroxylation sites is 1. The van der Waals surface area contributed by atoms with Crippen LogP contribution < -0.4 is 9.47 Å². The Kier molecular flexibility index (Phi) is 3.25. The van der Waals surface area contributed by atoms with E-state index in [1.165, 1.54) is 0 Å². The van der Waals surface area contributed by atoms with Crippen molar-refractivity contribution in [2.45, 2.75) is 13.8 Å². The minimum atomic E-state index is 0.608. The lowest BCUT2D eigenvalue weighted by Gasteiger charge is -2.09. The molecule has 3 nitrogen and oxygen atoms in total. The van der Waals surface area contributed by atoms with Gasteiger partial charge in [-0.2, -0.15) is 0 Å².